The van der Waals surface area contributed by atoms with Crippen LogP contribution in [0, 0.1) is 5.92 Å². The minimum absolute atomic E-state index is 0.000642. The van der Waals surface area contributed by atoms with E-state index in [0.717, 1.165) is 0 Å². The number of amides is 1. The molecule has 0 aliphatic heterocycles. The summed E-state index contributed by atoms with van der Waals surface area (Å²) in [6.45, 7) is 4.53. The van der Waals surface area contributed by atoms with Gasteiger partial charge in [-0.1, -0.05) is 13.8 Å². The van der Waals surface area contributed by atoms with Gasteiger partial charge in [-0.25, -0.2) is 0 Å². The van der Waals surface area contributed by atoms with Gasteiger partial charge in [-0.3, -0.25) is 13.8 Å². The molecule has 94 valence electrons. The maximum Gasteiger partial charge on any atom is 0.303 e. The van der Waals surface area contributed by atoms with Crippen molar-refractivity contribution in [3.05, 3.63) is 0 Å². The Morgan fingerprint density at radius 1 is 1.38 bits per heavy atom. The van der Waals surface area contributed by atoms with Gasteiger partial charge in [0.1, 0.15) is 5.75 Å². The molecule has 0 aliphatic carbocycles. The Kier molecular flexibility index (Phi) is 7.80. The van der Waals surface area contributed by atoms with Gasteiger partial charge in [0.25, 0.3) is 0 Å². The Morgan fingerprint density at radius 3 is 2.50 bits per heavy atom. The number of carbonyl (C=O) groups excluding carboxylic acids is 1. The highest BCUT2D eigenvalue weighted by atomic mass is 32.2. The zero-order valence-corrected chi connectivity index (χ0v) is 10.5. The third-order valence-electron chi connectivity index (χ3n) is 1.76. The van der Waals surface area contributed by atoms with Gasteiger partial charge in [0.15, 0.2) is 0 Å². The van der Waals surface area contributed by atoms with Crippen LogP contribution in [0.15, 0.2) is 0 Å². The second kappa shape index (κ2) is 8.27. The molecule has 0 saturated carbocycles. The Hall–Kier alpha value is -0.910. The van der Waals surface area contributed by atoms with Crippen molar-refractivity contribution in [1.29, 1.82) is 0 Å². The number of nitrogens with one attached hydrogen (secondary N) is 1. The molecule has 0 fully saturated rings. The van der Waals surface area contributed by atoms with E-state index in [1.54, 1.807) is 0 Å². The van der Waals surface area contributed by atoms with E-state index in [4.69, 9.17) is 5.11 Å². The van der Waals surface area contributed by atoms with Crippen LogP contribution in [0.3, 0.4) is 0 Å². The van der Waals surface area contributed by atoms with E-state index in [9.17, 15) is 13.8 Å². The lowest BCUT2D eigenvalue weighted by atomic mass is 10.2. The molecular weight excluding hydrogens is 230 g/mol. The number of hydrogen-bond acceptors (Lipinski definition) is 3. The molecule has 0 aromatic heterocycles. The van der Waals surface area contributed by atoms with Gasteiger partial charge in [-0.2, -0.15) is 0 Å². The van der Waals surface area contributed by atoms with Crippen LogP contribution in [-0.2, 0) is 20.4 Å². The summed E-state index contributed by atoms with van der Waals surface area (Å²) in [6.07, 6.45) is 0.346. The Balaban J connectivity index is 3.62. The molecule has 0 bridgehead atoms. The Morgan fingerprint density at radius 2 is 2.00 bits per heavy atom. The topological polar surface area (TPSA) is 83.5 Å². The maximum absolute atomic E-state index is 11.3. The van der Waals surface area contributed by atoms with Crippen LogP contribution in [0.5, 0.6) is 0 Å². The van der Waals surface area contributed by atoms with Crippen LogP contribution in [0.1, 0.15) is 26.7 Å². The molecule has 0 rings (SSSR count). The lowest BCUT2D eigenvalue weighted by molar-refractivity contribution is -0.137. The van der Waals surface area contributed by atoms with Gasteiger partial charge in [-0.15, -0.1) is 0 Å². The standard InChI is InChI=1S/C10H19NO4S/c1-8(2)6-11-9(12)7-16(15)5-3-4-10(13)14/h8H,3-7H2,1-2H3,(H,11,12)(H,13,14). The normalized spacial score (nSPS) is 12.4. The number of rotatable bonds is 8. The first-order valence-electron chi connectivity index (χ1n) is 5.25. The summed E-state index contributed by atoms with van der Waals surface area (Å²) >= 11 is 0. The number of carboxylic acids is 1. The largest absolute Gasteiger partial charge is 0.481 e. The average Bonchev–Trinajstić information content (AvgIpc) is 2.14. The summed E-state index contributed by atoms with van der Waals surface area (Å²) in [5, 5.41) is 11.0. The van der Waals surface area contributed by atoms with Gasteiger partial charge in [0, 0.05) is 29.5 Å². The molecule has 2 N–H and O–H groups in total. The third kappa shape index (κ3) is 9.64. The van der Waals surface area contributed by atoms with Crippen LogP contribution < -0.4 is 5.32 Å². The fourth-order valence-electron chi connectivity index (χ4n) is 0.972. The molecule has 0 radical (unpaired) electrons. The molecule has 1 atom stereocenters. The Labute approximate surface area is 98.1 Å². The van der Waals surface area contributed by atoms with Gasteiger partial charge in [-0.05, 0) is 12.3 Å². The second-order valence-electron chi connectivity index (χ2n) is 3.98. The molecule has 0 saturated heterocycles. The predicted octanol–water partition coefficient (Wildman–Crippen LogP) is 0.372. The van der Waals surface area contributed by atoms with Crippen molar-refractivity contribution in [2.45, 2.75) is 26.7 Å². The quantitative estimate of drug-likeness (QED) is 0.651. The highest BCUT2D eigenvalue weighted by Gasteiger charge is 2.08. The summed E-state index contributed by atoms with van der Waals surface area (Å²) in [7, 11) is -1.26. The zero-order chi connectivity index (χ0) is 12.6. The lowest BCUT2D eigenvalue weighted by Gasteiger charge is -2.07. The highest BCUT2D eigenvalue weighted by molar-refractivity contribution is 7.85. The van der Waals surface area contributed by atoms with Crippen LogP contribution in [0.25, 0.3) is 0 Å². The van der Waals surface area contributed by atoms with Crippen molar-refractivity contribution in [2.24, 2.45) is 5.92 Å². The minimum Gasteiger partial charge on any atom is -0.481 e. The number of carbonyl (C=O) groups is 2. The van der Waals surface area contributed by atoms with E-state index in [1.165, 1.54) is 0 Å². The number of carboxylic acid groups (broad SMARTS) is 1. The molecule has 16 heavy (non-hydrogen) atoms. The lowest BCUT2D eigenvalue weighted by Crippen LogP contribution is -2.31. The van der Waals surface area contributed by atoms with E-state index in [0.29, 0.717) is 18.9 Å². The van der Waals surface area contributed by atoms with Gasteiger partial charge in [0.05, 0.1) is 0 Å². The van der Waals surface area contributed by atoms with Crippen molar-refractivity contribution >= 4 is 22.7 Å². The molecule has 1 unspecified atom stereocenters. The second-order valence-corrected chi connectivity index (χ2v) is 5.56. The van der Waals surface area contributed by atoms with Crippen molar-refractivity contribution < 1.29 is 18.9 Å². The summed E-state index contributed by atoms with van der Waals surface area (Å²) in [6, 6.07) is 0. The Bertz CT molecular complexity index is 266. The fourth-order valence-corrected chi connectivity index (χ4v) is 1.98. The number of hydrogen-bond donors (Lipinski definition) is 2. The maximum atomic E-state index is 11.3. The van der Waals surface area contributed by atoms with Crippen molar-refractivity contribution in [3.8, 4) is 0 Å². The summed E-state index contributed by atoms with van der Waals surface area (Å²) < 4.78 is 11.3. The molecule has 5 nitrogen and oxygen atoms in total. The first-order valence-corrected chi connectivity index (χ1v) is 6.74. The summed E-state index contributed by atoms with van der Waals surface area (Å²) in [4.78, 5) is 21.4. The van der Waals surface area contributed by atoms with E-state index in [1.807, 2.05) is 13.8 Å². The summed E-state index contributed by atoms with van der Waals surface area (Å²) in [5.41, 5.74) is 0. The van der Waals surface area contributed by atoms with Crippen LogP contribution in [0.4, 0.5) is 0 Å². The molecule has 0 aromatic carbocycles. The minimum atomic E-state index is -1.26. The van der Waals surface area contributed by atoms with Crippen LogP contribution in [0.2, 0.25) is 0 Å². The average molecular weight is 249 g/mol. The van der Waals surface area contributed by atoms with Crippen LogP contribution >= 0.6 is 0 Å². The number of aliphatic carboxylic acids is 1. The smallest absolute Gasteiger partial charge is 0.303 e. The van der Waals surface area contributed by atoms with Crippen molar-refractivity contribution in [3.63, 3.8) is 0 Å². The predicted molar refractivity (Wildman–Crippen MR) is 62.6 cm³/mol. The zero-order valence-electron chi connectivity index (χ0n) is 9.69. The SMILES string of the molecule is CC(C)CNC(=O)CS(=O)CCCC(=O)O. The molecule has 0 aromatic rings. The van der Waals surface area contributed by atoms with Gasteiger partial charge >= 0.3 is 5.97 Å². The molecular formula is C10H19NO4S. The molecule has 0 spiro atoms. The first-order chi connectivity index (χ1) is 7.41. The van der Waals surface area contributed by atoms with E-state index < -0.39 is 16.8 Å². The van der Waals surface area contributed by atoms with Gasteiger partial charge in [0.2, 0.25) is 5.91 Å². The monoisotopic (exact) mass is 249 g/mol. The van der Waals surface area contributed by atoms with E-state index >= 15 is 0 Å². The summed E-state index contributed by atoms with van der Waals surface area (Å²) in [5.74, 6) is -0.540. The van der Waals surface area contributed by atoms with Crippen molar-refractivity contribution in [1.82, 2.24) is 5.32 Å². The molecule has 1 amide bonds. The highest BCUT2D eigenvalue weighted by Crippen LogP contribution is 1.94. The van der Waals surface area contributed by atoms with E-state index in [-0.39, 0.29) is 23.8 Å². The molecule has 6 heteroatoms. The van der Waals surface area contributed by atoms with Crippen molar-refractivity contribution in [2.75, 3.05) is 18.1 Å². The van der Waals surface area contributed by atoms with Gasteiger partial charge < -0.3 is 10.4 Å². The first kappa shape index (κ1) is 15.1. The van der Waals surface area contributed by atoms with Crippen LogP contribution in [-0.4, -0.2) is 39.2 Å². The third-order valence-corrected chi connectivity index (χ3v) is 3.09. The fraction of sp³-hybridized carbons (Fsp3) is 0.800. The van der Waals surface area contributed by atoms with E-state index in [2.05, 4.69) is 5.32 Å². The molecule has 0 heterocycles. The molecule has 0 aliphatic rings.